The van der Waals surface area contributed by atoms with E-state index in [9.17, 15) is 14.2 Å². The molecule has 1 unspecified atom stereocenters. The van der Waals surface area contributed by atoms with Gasteiger partial charge in [-0.15, -0.1) is 0 Å². The minimum absolute atomic E-state index is 0.0886. The first-order valence-corrected chi connectivity index (χ1v) is 11.3. The molecule has 0 spiro atoms. The third kappa shape index (κ3) is 7.13. The van der Waals surface area contributed by atoms with Crippen molar-refractivity contribution in [3.63, 3.8) is 0 Å². The SMILES string of the molecule is COC(=O)[C@H](CCP(=O)(CC1=CCCC1)OC)NC(=O)OCc1ccccc1. The van der Waals surface area contributed by atoms with E-state index in [0.29, 0.717) is 6.16 Å². The smallest absolute Gasteiger partial charge is 0.408 e. The Balaban J connectivity index is 1.90. The van der Waals surface area contributed by atoms with Crippen molar-refractivity contribution in [3.8, 4) is 0 Å². The number of amides is 1. The Morgan fingerprint density at radius 2 is 1.96 bits per heavy atom. The maximum Gasteiger partial charge on any atom is 0.408 e. The molecule has 2 atom stereocenters. The van der Waals surface area contributed by atoms with Gasteiger partial charge in [0.1, 0.15) is 12.6 Å². The molecule has 0 bridgehead atoms. The van der Waals surface area contributed by atoms with Crippen LogP contribution >= 0.6 is 7.37 Å². The van der Waals surface area contributed by atoms with Gasteiger partial charge in [0.2, 0.25) is 7.37 Å². The first kappa shape index (κ1) is 22.2. The maximum atomic E-state index is 13.0. The fourth-order valence-corrected chi connectivity index (χ4v) is 5.08. The second-order valence-electron chi connectivity index (χ2n) is 6.70. The largest absolute Gasteiger partial charge is 0.467 e. The normalized spacial score (nSPS) is 16.6. The standard InChI is InChI=1S/C20H28NO6P/c1-25-19(22)18(21-20(23)27-14-16-8-4-3-5-9-16)12-13-28(24,26-2)15-17-10-6-7-11-17/h3-5,8-10,18H,6-7,11-15H2,1-2H3,(H,21,23)/t18-,28?/m0/s1. The number of hydrogen-bond acceptors (Lipinski definition) is 6. The molecule has 154 valence electrons. The summed E-state index contributed by atoms with van der Waals surface area (Å²) in [7, 11) is -0.265. The summed E-state index contributed by atoms with van der Waals surface area (Å²) < 4.78 is 28.2. The maximum absolute atomic E-state index is 13.0. The molecule has 1 N–H and O–H groups in total. The molecule has 1 aliphatic carbocycles. The molecule has 0 radical (unpaired) electrons. The van der Waals surface area contributed by atoms with Gasteiger partial charge in [0.25, 0.3) is 0 Å². The quantitative estimate of drug-likeness (QED) is 0.358. The van der Waals surface area contributed by atoms with E-state index in [4.69, 9.17) is 14.0 Å². The highest BCUT2D eigenvalue weighted by molar-refractivity contribution is 7.59. The lowest BCUT2D eigenvalue weighted by Crippen LogP contribution is -2.42. The van der Waals surface area contributed by atoms with Gasteiger partial charge in [0.15, 0.2) is 0 Å². The molecule has 0 aromatic heterocycles. The number of alkyl carbamates (subject to hydrolysis) is 1. The van der Waals surface area contributed by atoms with Crippen LogP contribution < -0.4 is 5.32 Å². The zero-order valence-electron chi connectivity index (χ0n) is 16.4. The molecular weight excluding hydrogens is 381 g/mol. The van der Waals surface area contributed by atoms with Crippen molar-refractivity contribution in [1.29, 1.82) is 0 Å². The molecule has 1 aromatic carbocycles. The number of carbonyl (C=O) groups excluding carboxylic acids is 2. The van der Waals surface area contributed by atoms with Gasteiger partial charge >= 0.3 is 12.1 Å². The summed E-state index contributed by atoms with van der Waals surface area (Å²) in [5.41, 5.74) is 1.97. The average Bonchev–Trinajstić information content (AvgIpc) is 3.22. The number of methoxy groups -OCH3 is 1. The Kier molecular flexibility index (Phi) is 8.74. The monoisotopic (exact) mass is 409 g/mol. The van der Waals surface area contributed by atoms with E-state index >= 15 is 0 Å². The van der Waals surface area contributed by atoms with E-state index in [2.05, 4.69) is 11.4 Å². The van der Waals surface area contributed by atoms with Crippen LogP contribution in [0, 0.1) is 0 Å². The summed E-state index contributed by atoms with van der Waals surface area (Å²) in [5, 5.41) is 2.50. The van der Waals surface area contributed by atoms with Gasteiger partial charge in [0.05, 0.1) is 7.11 Å². The van der Waals surface area contributed by atoms with Gasteiger partial charge in [-0.05, 0) is 31.2 Å². The number of allylic oxidation sites excluding steroid dienone is 2. The molecule has 1 aromatic rings. The van der Waals surface area contributed by atoms with Gasteiger partial charge < -0.3 is 19.3 Å². The lowest BCUT2D eigenvalue weighted by molar-refractivity contribution is -0.143. The van der Waals surface area contributed by atoms with Crippen molar-refractivity contribution in [1.82, 2.24) is 5.32 Å². The average molecular weight is 409 g/mol. The van der Waals surface area contributed by atoms with Crippen LogP contribution in [0.1, 0.15) is 31.2 Å². The zero-order valence-corrected chi connectivity index (χ0v) is 17.3. The number of carbonyl (C=O) groups is 2. The molecular formula is C20H28NO6P. The van der Waals surface area contributed by atoms with Crippen LogP contribution in [0.3, 0.4) is 0 Å². The second kappa shape index (κ2) is 11.0. The van der Waals surface area contributed by atoms with Crippen molar-refractivity contribution in [2.45, 2.75) is 38.3 Å². The summed E-state index contributed by atoms with van der Waals surface area (Å²) in [6.07, 6.45) is 5.06. The van der Waals surface area contributed by atoms with Crippen molar-refractivity contribution in [3.05, 3.63) is 47.5 Å². The number of nitrogens with one attached hydrogen (secondary N) is 1. The fourth-order valence-electron chi connectivity index (χ4n) is 3.05. The molecule has 0 fully saturated rings. The van der Waals surface area contributed by atoms with Crippen molar-refractivity contribution in [2.24, 2.45) is 0 Å². The van der Waals surface area contributed by atoms with Gasteiger partial charge in [-0.3, -0.25) is 4.57 Å². The van der Waals surface area contributed by atoms with E-state index in [-0.39, 0.29) is 19.2 Å². The molecule has 7 nitrogen and oxygen atoms in total. The Labute approximate surface area is 165 Å². The molecule has 28 heavy (non-hydrogen) atoms. The van der Waals surface area contributed by atoms with Crippen LogP contribution in [0.5, 0.6) is 0 Å². The second-order valence-corrected chi connectivity index (χ2v) is 9.46. The highest BCUT2D eigenvalue weighted by Gasteiger charge is 2.29. The highest BCUT2D eigenvalue weighted by atomic mass is 31.2. The minimum Gasteiger partial charge on any atom is -0.467 e. The number of esters is 1. The van der Waals surface area contributed by atoms with E-state index in [0.717, 1.165) is 30.4 Å². The van der Waals surface area contributed by atoms with E-state index < -0.39 is 25.5 Å². The number of ether oxygens (including phenoxy) is 2. The first-order valence-electron chi connectivity index (χ1n) is 9.32. The predicted molar refractivity (Wildman–Crippen MR) is 106 cm³/mol. The van der Waals surface area contributed by atoms with Gasteiger partial charge in [0, 0.05) is 19.4 Å². The van der Waals surface area contributed by atoms with Crippen molar-refractivity contribution < 1.29 is 28.2 Å². The van der Waals surface area contributed by atoms with E-state index in [1.54, 1.807) is 0 Å². The third-order valence-electron chi connectivity index (χ3n) is 4.66. The Hall–Kier alpha value is -2.11. The molecule has 1 amide bonds. The van der Waals surface area contributed by atoms with Crippen molar-refractivity contribution >= 4 is 19.4 Å². The molecule has 0 heterocycles. The Bertz CT molecular complexity index is 733. The van der Waals surface area contributed by atoms with Crippen LogP contribution in [0.4, 0.5) is 4.79 Å². The summed E-state index contributed by atoms with van der Waals surface area (Å²) in [5.74, 6) is -0.612. The number of hydrogen-bond donors (Lipinski definition) is 1. The van der Waals surface area contributed by atoms with Gasteiger partial charge in [-0.1, -0.05) is 42.0 Å². The molecule has 0 saturated carbocycles. The summed E-state index contributed by atoms with van der Waals surface area (Å²) >= 11 is 0. The zero-order chi connectivity index (χ0) is 20.4. The van der Waals surface area contributed by atoms with Crippen LogP contribution in [-0.4, -0.2) is 44.6 Å². The third-order valence-corrected chi connectivity index (χ3v) is 7.15. The van der Waals surface area contributed by atoms with E-state index in [1.165, 1.54) is 14.2 Å². The predicted octanol–water partition coefficient (Wildman–Crippen LogP) is 3.88. The van der Waals surface area contributed by atoms with Crippen LogP contribution in [-0.2, 0) is 30.0 Å². The summed E-state index contributed by atoms with van der Waals surface area (Å²) in [4.78, 5) is 24.1. The molecule has 0 saturated heterocycles. The summed E-state index contributed by atoms with van der Waals surface area (Å²) in [6.45, 7) is 0.0886. The summed E-state index contributed by atoms with van der Waals surface area (Å²) in [6, 6.07) is 8.27. The highest BCUT2D eigenvalue weighted by Crippen LogP contribution is 2.49. The topological polar surface area (TPSA) is 90.9 Å². The molecule has 8 heteroatoms. The minimum atomic E-state index is -2.93. The Morgan fingerprint density at radius 3 is 2.57 bits per heavy atom. The van der Waals surface area contributed by atoms with Crippen molar-refractivity contribution in [2.75, 3.05) is 26.5 Å². The lowest BCUT2D eigenvalue weighted by atomic mass is 10.2. The fraction of sp³-hybridized carbons (Fsp3) is 0.500. The van der Waals surface area contributed by atoms with Gasteiger partial charge in [-0.2, -0.15) is 0 Å². The molecule has 0 aliphatic heterocycles. The van der Waals surface area contributed by atoms with Gasteiger partial charge in [-0.25, -0.2) is 9.59 Å². The molecule has 2 rings (SSSR count). The number of benzene rings is 1. The van der Waals surface area contributed by atoms with Crippen LogP contribution in [0.2, 0.25) is 0 Å². The van der Waals surface area contributed by atoms with E-state index in [1.807, 2.05) is 30.3 Å². The molecule has 1 aliphatic rings. The number of rotatable bonds is 10. The van der Waals surface area contributed by atoms with Crippen LogP contribution in [0.25, 0.3) is 0 Å². The lowest BCUT2D eigenvalue weighted by Gasteiger charge is -2.21. The Morgan fingerprint density at radius 1 is 1.21 bits per heavy atom. The van der Waals surface area contributed by atoms with Crippen LogP contribution in [0.15, 0.2) is 42.0 Å². The first-order chi connectivity index (χ1) is 13.5.